The van der Waals surface area contributed by atoms with Crippen LogP contribution in [0.15, 0.2) is 55.0 Å². The van der Waals surface area contributed by atoms with Gasteiger partial charge in [0.05, 0.1) is 23.6 Å². The van der Waals surface area contributed by atoms with Crippen LogP contribution in [0, 0.1) is 5.82 Å². The van der Waals surface area contributed by atoms with E-state index in [-0.39, 0.29) is 5.56 Å². The molecule has 7 heteroatoms. The molecule has 0 saturated carbocycles. The van der Waals surface area contributed by atoms with Gasteiger partial charge in [-0.05, 0) is 25.1 Å². The van der Waals surface area contributed by atoms with Crippen LogP contribution in [-0.2, 0) is 4.74 Å². The molecule has 2 heterocycles. The van der Waals surface area contributed by atoms with Crippen LogP contribution in [0.25, 0.3) is 5.69 Å². The third-order valence-electron chi connectivity index (χ3n) is 3.22. The Hall–Kier alpha value is -3.09. The first kappa shape index (κ1) is 14.8. The molecular weight excluding hydrogens is 299 g/mol. The number of para-hydroxylation sites is 1. The molecule has 0 aliphatic rings. The van der Waals surface area contributed by atoms with Crippen molar-refractivity contribution >= 4 is 5.97 Å². The average Bonchev–Trinajstić information content (AvgIpc) is 3.06. The van der Waals surface area contributed by atoms with E-state index in [2.05, 4.69) is 15.3 Å². The number of ether oxygens (including phenoxy) is 1. The van der Waals surface area contributed by atoms with Gasteiger partial charge in [-0.2, -0.15) is 0 Å². The summed E-state index contributed by atoms with van der Waals surface area (Å²) in [6.07, 6.45) is 3.30. The van der Waals surface area contributed by atoms with Crippen LogP contribution >= 0.6 is 0 Å². The lowest BCUT2D eigenvalue weighted by atomic mass is 10.2. The lowest BCUT2D eigenvalue weighted by molar-refractivity contribution is 0.0323. The molecule has 0 spiro atoms. The van der Waals surface area contributed by atoms with Gasteiger partial charge in [-0.3, -0.25) is 4.98 Å². The summed E-state index contributed by atoms with van der Waals surface area (Å²) in [6, 6.07) is 10.7. The Morgan fingerprint density at radius 3 is 2.78 bits per heavy atom. The Morgan fingerprint density at radius 1 is 1.26 bits per heavy atom. The highest BCUT2D eigenvalue weighted by Gasteiger charge is 2.19. The largest absolute Gasteiger partial charge is 0.452 e. The van der Waals surface area contributed by atoms with Crippen molar-refractivity contribution in [1.29, 1.82) is 0 Å². The number of hydrogen-bond donors (Lipinski definition) is 0. The number of benzene rings is 1. The highest BCUT2D eigenvalue weighted by molar-refractivity contribution is 5.89. The van der Waals surface area contributed by atoms with Crippen LogP contribution in [0.4, 0.5) is 4.39 Å². The van der Waals surface area contributed by atoms with Gasteiger partial charge in [-0.25, -0.2) is 13.9 Å². The van der Waals surface area contributed by atoms with Crippen molar-refractivity contribution in [1.82, 2.24) is 20.0 Å². The van der Waals surface area contributed by atoms with Crippen molar-refractivity contribution in [2.45, 2.75) is 13.0 Å². The van der Waals surface area contributed by atoms with Crippen molar-refractivity contribution in [3.63, 3.8) is 0 Å². The second-order valence-corrected chi connectivity index (χ2v) is 4.83. The van der Waals surface area contributed by atoms with E-state index >= 15 is 0 Å². The molecule has 0 radical (unpaired) electrons. The first-order chi connectivity index (χ1) is 11.1. The third kappa shape index (κ3) is 3.23. The van der Waals surface area contributed by atoms with Gasteiger partial charge in [0, 0.05) is 6.20 Å². The van der Waals surface area contributed by atoms with Crippen molar-refractivity contribution in [3.8, 4) is 5.69 Å². The van der Waals surface area contributed by atoms with Crippen molar-refractivity contribution in [2.24, 2.45) is 0 Å². The SMILES string of the molecule is C[C@@H](OC(=O)c1ccncc1F)c1cn(-c2ccccc2)nn1. The summed E-state index contributed by atoms with van der Waals surface area (Å²) in [4.78, 5) is 15.6. The van der Waals surface area contributed by atoms with E-state index < -0.39 is 17.9 Å². The highest BCUT2D eigenvalue weighted by atomic mass is 19.1. The first-order valence-electron chi connectivity index (χ1n) is 6.93. The fourth-order valence-corrected chi connectivity index (χ4v) is 2.00. The molecule has 0 N–H and O–H groups in total. The molecular formula is C16H13FN4O2. The summed E-state index contributed by atoms with van der Waals surface area (Å²) >= 11 is 0. The number of aromatic nitrogens is 4. The fourth-order valence-electron chi connectivity index (χ4n) is 2.00. The molecule has 0 aliphatic carbocycles. The molecule has 1 atom stereocenters. The van der Waals surface area contributed by atoms with E-state index in [0.29, 0.717) is 5.69 Å². The van der Waals surface area contributed by atoms with E-state index in [1.807, 2.05) is 30.3 Å². The second kappa shape index (κ2) is 6.35. The molecule has 3 aromatic rings. The van der Waals surface area contributed by atoms with E-state index in [1.54, 1.807) is 17.8 Å². The maximum atomic E-state index is 13.5. The lowest BCUT2D eigenvalue weighted by Gasteiger charge is -2.10. The maximum Gasteiger partial charge on any atom is 0.341 e. The summed E-state index contributed by atoms with van der Waals surface area (Å²) in [7, 11) is 0. The highest BCUT2D eigenvalue weighted by Crippen LogP contribution is 2.18. The molecule has 1 aromatic carbocycles. The smallest absolute Gasteiger partial charge is 0.341 e. The van der Waals surface area contributed by atoms with Gasteiger partial charge in [-0.1, -0.05) is 23.4 Å². The Labute approximate surface area is 131 Å². The molecule has 3 rings (SSSR count). The molecule has 23 heavy (non-hydrogen) atoms. The van der Waals surface area contributed by atoms with Gasteiger partial charge in [0.15, 0.2) is 5.82 Å². The number of pyridine rings is 1. The van der Waals surface area contributed by atoms with Gasteiger partial charge in [0.1, 0.15) is 11.8 Å². The number of hydrogen-bond acceptors (Lipinski definition) is 5. The number of carbonyl (C=O) groups is 1. The maximum absolute atomic E-state index is 13.5. The zero-order valence-electron chi connectivity index (χ0n) is 12.3. The van der Waals surface area contributed by atoms with E-state index in [1.165, 1.54) is 12.3 Å². The fraction of sp³-hybridized carbons (Fsp3) is 0.125. The summed E-state index contributed by atoms with van der Waals surface area (Å²) in [5.74, 6) is -1.50. The molecule has 0 aliphatic heterocycles. The third-order valence-corrected chi connectivity index (χ3v) is 3.22. The Morgan fingerprint density at radius 2 is 2.04 bits per heavy atom. The van der Waals surface area contributed by atoms with Crippen LogP contribution in [0.3, 0.4) is 0 Å². The van der Waals surface area contributed by atoms with Crippen molar-refractivity contribution in [3.05, 3.63) is 72.1 Å². The average molecular weight is 312 g/mol. The van der Waals surface area contributed by atoms with E-state index in [4.69, 9.17) is 4.74 Å². The molecule has 6 nitrogen and oxygen atoms in total. The number of nitrogens with zero attached hydrogens (tertiary/aromatic N) is 4. The van der Waals surface area contributed by atoms with Crippen LogP contribution in [0.2, 0.25) is 0 Å². The number of esters is 1. The molecule has 2 aromatic heterocycles. The molecule has 0 bridgehead atoms. The normalized spacial score (nSPS) is 11.9. The van der Waals surface area contributed by atoms with Gasteiger partial charge >= 0.3 is 5.97 Å². The van der Waals surface area contributed by atoms with Crippen LogP contribution < -0.4 is 0 Å². The standard InChI is InChI=1S/C16H13FN4O2/c1-11(23-16(22)13-7-8-18-9-14(13)17)15-10-21(20-19-15)12-5-3-2-4-6-12/h2-11H,1H3/t11-/m1/s1. The molecule has 116 valence electrons. The van der Waals surface area contributed by atoms with Crippen LogP contribution in [-0.4, -0.2) is 25.9 Å². The van der Waals surface area contributed by atoms with Gasteiger partial charge < -0.3 is 4.74 Å². The predicted octanol–water partition coefficient (Wildman–Crippen LogP) is 2.72. The first-order valence-corrected chi connectivity index (χ1v) is 6.93. The number of carbonyl (C=O) groups excluding carboxylic acids is 1. The van der Waals surface area contributed by atoms with E-state index in [9.17, 15) is 9.18 Å². The minimum absolute atomic E-state index is 0.165. The van der Waals surface area contributed by atoms with Crippen molar-refractivity contribution < 1.29 is 13.9 Å². The summed E-state index contributed by atoms with van der Waals surface area (Å²) in [6.45, 7) is 1.65. The van der Waals surface area contributed by atoms with Crippen molar-refractivity contribution in [2.75, 3.05) is 0 Å². The zero-order chi connectivity index (χ0) is 16.2. The Balaban J connectivity index is 1.74. The minimum atomic E-state index is -0.772. The predicted molar refractivity (Wildman–Crippen MR) is 79.4 cm³/mol. The molecule has 0 fully saturated rings. The van der Waals surface area contributed by atoms with Gasteiger partial charge in [-0.15, -0.1) is 5.10 Å². The van der Waals surface area contributed by atoms with Gasteiger partial charge in [0.2, 0.25) is 0 Å². The topological polar surface area (TPSA) is 69.9 Å². The minimum Gasteiger partial charge on any atom is -0.452 e. The lowest BCUT2D eigenvalue weighted by Crippen LogP contribution is -2.11. The summed E-state index contributed by atoms with van der Waals surface area (Å²) in [5.41, 5.74) is 1.14. The van der Waals surface area contributed by atoms with Crippen LogP contribution in [0.1, 0.15) is 29.1 Å². The monoisotopic (exact) mass is 312 g/mol. The molecule has 0 unspecified atom stereocenters. The zero-order valence-corrected chi connectivity index (χ0v) is 12.3. The Kier molecular flexibility index (Phi) is 4.09. The summed E-state index contributed by atoms with van der Waals surface area (Å²) < 4.78 is 20.3. The van der Waals surface area contributed by atoms with E-state index in [0.717, 1.165) is 11.9 Å². The van der Waals surface area contributed by atoms with Crippen LogP contribution in [0.5, 0.6) is 0 Å². The summed E-state index contributed by atoms with van der Waals surface area (Å²) in [5, 5.41) is 7.99. The number of halogens is 1. The molecule has 0 saturated heterocycles. The van der Waals surface area contributed by atoms with Gasteiger partial charge in [0.25, 0.3) is 0 Å². The quantitative estimate of drug-likeness (QED) is 0.693. The second-order valence-electron chi connectivity index (χ2n) is 4.83. The molecule has 0 amide bonds. The Bertz CT molecular complexity index is 820. The number of rotatable bonds is 4.